The lowest BCUT2D eigenvalue weighted by molar-refractivity contribution is 0.168. The van der Waals surface area contributed by atoms with Gasteiger partial charge in [-0.15, -0.1) is 5.10 Å². The van der Waals surface area contributed by atoms with E-state index in [1.165, 1.54) is 0 Å². The van der Waals surface area contributed by atoms with Crippen LogP contribution >= 0.6 is 0 Å². The van der Waals surface area contributed by atoms with Crippen LogP contribution in [0.15, 0.2) is 41.1 Å². The highest BCUT2D eigenvalue weighted by Crippen LogP contribution is 2.17. The minimum atomic E-state index is -0.594. The molecule has 0 fully saturated rings. The van der Waals surface area contributed by atoms with Crippen molar-refractivity contribution >= 4 is 0 Å². The van der Waals surface area contributed by atoms with E-state index in [2.05, 4.69) is 20.5 Å². The first kappa shape index (κ1) is 13.4. The molecule has 1 aromatic carbocycles. The summed E-state index contributed by atoms with van der Waals surface area (Å²) in [7, 11) is 0. The van der Waals surface area contributed by atoms with Gasteiger partial charge < -0.3 is 9.63 Å². The van der Waals surface area contributed by atoms with E-state index in [-0.39, 0.29) is 0 Å². The molecule has 3 aromatic rings. The van der Waals surface area contributed by atoms with Crippen LogP contribution in [0.1, 0.15) is 31.0 Å². The minimum Gasteiger partial charge on any atom is -0.387 e. The third-order valence-corrected chi connectivity index (χ3v) is 3.08. The highest BCUT2D eigenvalue weighted by atomic mass is 16.5. The number of hydrogen-bond donors (Lipinski definition) is 1. The van der Waals surface area contributed by atoms with Gasteiger partial charge in [-0.2, -0.15) is 4.98 Å². The van der Waals surface area contributed by atoms with Crippen LogP contribution in [0.4, 0.5) is 0 Å². The van der Waals surface area contributed by atoms with Crippen LogP contribution in [-0.2, 0) is 6.54 Å². The largest absolute Gasteiger partial charge is 0.387 e. The quantitative estimate of drug-likeness (QED) is 0.769. The molecule has 0 spiro atoms. The van der Waals surface area contributed by atoms with E-state index in [0.29, 0.717) is 30.4 Å². The Morgan fingerprint density at radius 1 is 1.29 bits per heavy atom. The average molecular weight is 285 g/mol. The first-order chi connectivity index (χ1) is 10.3. The fourth-order valence-corrected chi connectivity index (χ4v) is 1.91. The third-order valence-electron chi connectivity index (χ3n) is 3.08. The van der Waals surface area contributed by atoms with E-state index in [0.717, 1.165) is 5.56 Å². The Balaban J connectivity index is 1.74. The summed E-state index contributed by atoms with van der Waals surface area (Å²) >= 11 is 0. The molecule has 0 amide bonds. The second kappa shape index (κ2) is 5.84. The van der Waals surface area contributed by atoms with Gasteiger partial charge in [-0.25, -0.2) is 4.68 Å². The number of benzene rings is 1. The molecule has 21 heavy (non-hydrogen) atoms. The smallest absolute Gasteiger partial charge is 0.257 e. The molecular formula is C14H15N5O2. The molecule has 0 saturated heterocycles. The lowest BCUT2D eigenvalue weighted by Gasteiger charge is -2.00. The number of rotatable bonds is 5. The molecule has 7 nitrogen and oxygen atoms in total. The second-order valence-electron chi connectivity index (χ2n) is 4.65. The van der Waals surface area contributed by atoms with Gasteiger partial charge in [0.25, 0.3) is 5.89 Å². The van der Waals surface area contributed by atoms with Crippen molar-refractivity contribution in [2.75, 3.05) is 0 Å². The first-order valence-corrected chi connectivity index (χ1v) is 6.72. The second-order valence-corrected chi connectivity index (χ2v) is 4.65. The lowest BCUT2D eigenvalue weighted by Crippen LogP contribution is -2.02. The zero-order valence-corrected chi connectivity index (χ0v) is 11.5. The van der Waals surface area contributed by atoms with E-state index in [4.69, 9.17) is 4.52 Å². The minimum absolute atomic E-state index is 0.347. The number of aliphatic hydroxyl groups is 1. The topological polar surface area (TPSA) is 89.9 Å². The van der Waals surface area contributed by atoms with Crippen molar-refractivity contribution in [3.8, 4) is 11.5 Å². The van der Waals surface area contributed by atoms with E-state index < -0.39 is 6.10 Å². The maximum atomic E-state index is 9.70. The summed E-state index contributed by atoms with van der Waals surface area (Å²) in [4.78, 5) is 4.32. The molecule has 2 heterocycles. The maximum absolute atomic E-state index is 9.70. The van der Waals surface area contributed by atoms with Crippen LogP contribution in [0.2, 0.25) is 0 Å². The Bertz CT molecular complexity index is 707. The van der Waals surface area contributed by atoms with E-state index in [1.807, 2.05) is 37.3 Å². The van der Waals surface area contributed by atoms with E-state index in [9.17, 15) is 5.11 Å². The van der Waals surface area contributed by atoms with Crippen molar-refractivity contribution in [1.82, 2.24) is 25.1 Å². The molecular weight excluding hydrogens is 270 g/mol. The molecule has 1 unspecified atom stereocenters. The third kappa shape index (κ3) is 2.97. The summed E-state index contributed by atoms with van der Waals surface area (Å²) in [6.45, 7) is 2.23. The normalized spacial score (nSPS) is 12.5. The highest BCUT2D eigenvalue weighted by Gasteiger charge is 2.12. The zero-order valence-electron chi connectivity index (χ0n) is 11.5. The molecule has 1 atom stereocenters. The van der Waals surface area contributed by atoms with Crippen LogP contribution in [0.5, 0.6) is 0 Å². The van der Waals surface area contributed by atoms with Crippen molar-refractivity contribution in [2.24, 2.45) is 0 Å². The monoisotopic (exact) mass is 285 g/mol. The predicted octanol–water partition coefficient (Wildman–Crippen LogP) is 1.82. The van der Waals surface area contributed by atoms with Gasteiger partial charge in [0.05, 0.1) is 12.3 Å². The molecule has 7 heteroatoms. The molecule has 0 aliphatic rings. The van der Waals surface area contributed by atoms with E-state index >= 15 is 0 Å². The maximum Gasteiger partial charge on any atom is 0.257 e. The Hall–Kier alpha value is -2.54. The molecule has 2 aromatic heterocycles. The highest BCUT2D eigenvalue weighted by molar-refractivity contribution is 5.51. The summed E-state index contributed by atoms with van der Waals surface area (Å²) in [5, 5.41) is 21.5. The molecule has 1 N–H and O–H groups in total. The van der Waals surface area contributed by atoms with Crippen molar-refractivity contribution in [2.45, 2.75) is 26.0 Å². The van der Waals surface area contributed by atoms with Gasteiger partial charge in [0.2, 0.25) is 0 Å². The average Bonchev–Trinajstić information content (AvgIpc) is 3.17. The fourth-order valence-electron chi connectivity index (χ4n) is 1.91. The number of aromatic nitrogens is 5. The molecule has 3 rings (SSSR count). The van der Waals surface area contributed by atoms with Crippen LogP contribution in [0, 0.1) is 0 Å². The molecule has 0 aliphatic carbocycles. The van der Waals surface area contributed by atoms with Gasteiger partial charge in [-0.3, -0.25) is 0 Å². The number of hydrogen-bond acceptors (Lipinski definition) is 6. The number of aliphatic hydroxyl groups excluding tert-OH is 1. The molecule has 0 aliphatic heterocycles. The SMILES string of the molecule is CCC(O)c1cn(Cc2noc(-c3ccccc3)n2)nn1. The summed E-state index contributed by atoms with van der Waals surface area (Å²) in [5.41, 5.74) is 1.42. The van der Waals surface area contributed by atoms with Crippen molar-refractivity contribution in [1.29, 1.82) is 0 Å². The fraction of sp³-hybridized carbons (Fsp3) is 0.286. The zero-order chi connectivity index (χ0) is 14.7. The molecule has 108 valence electrons. The molecule has 0 saturated carbocycles. The Morgan fingerprint density at radius 3 is 2.86 bits per heavy atom. The van der Waals surface area contributed by atoms with Gasteiger partial charge in [-0.1, -0.05) is 35.5 Å². The van der Waals surface area contributed by atoms with Crippen molar-refractivity contribution < 1.29 is 9.63 Å². The van der Waals surface area contributed by atoms with Crippen molar-refractivity contribution in [3.63, 3.8) is 0 Å². The van der Waals surface area contributed by atoms with Gasteiger partial charge in [-0.05, 0) is 18.6 Å². The summed E-state index contributed by atoms with van der Waals surface area (Å²) in [5.74, 6) is 0.982. The van der Waals surface area contributed by atoms with Crippen LogP contribution < -0.4 is 0 Å². The molecule has 0 bridgehead atoms. The standard InChI is InChI=1S/C14H15N5O2/c1-2-12(20)11-8-19(18-16-11)9-13-15-14(21-17-13)10-6-4-3-5-7-10/h3-8,12,20H,2,9H2,1H3. The molecule has 0 radical (unpaired) electrons. The Labute approximate surface area is 121 Å². The van der Waals surface area contributed by atoms with Gasteiger partial charge in [0.15, 0.2) is 5.82 Å². The van der Waals surface area contributed by atoms with E-state index in [1.54, 1.807) is 10.9 Å². The van der Waals surface area contributed by atoms with Crippen molar-refractivity contribution in [3.05, 3.63) is 48.0 Å². The van der Waals surface area contributed by atoms with Crippen LogP contribution in [0.3, 0.4) is 0 Å². The van der Waals surface area contributed by atoms with Gasteiger partial charge >= 0.3 is 0 Å². The van der Waals surface area contributed by atoms with Gasteiger partial charge in [0.1, 0.15) is 12.2 Å². The predicted molar refractivity (Wildman–Crippen MR) is 74.1 cm³/mol. The van der Waals surface area contributed by atoms with Gasteiger partial charge in [0, 0.05) is 5.56 Å². The Morgan fingerprint density at radius 2 is 2.10 bits per heavy atom. The summed E-state index contributed by atoms with van der Waals surface area (Å²) in [6.07, 6.45) is 1.69. The summed E-state index contributed by atoms with van der Waals surface area (Å²) in [6, 6.07) is 9.56. The van der Waals surface area contributed by atoms with Crippen LogP contribution in [0.25, 0.3) is 11.5 Å². The number of nitrogens with zero attached hydrogens (tertiary/aromatic N) is 5. The summed E-state index contributed by atoms with van der Waals surface area (Å²) < 4.78 is 6.80. The lowest BCUT2D eigenvalue weighted by atomic mass is 10.2. The van der Waals surface area contributed by atoms with Crippen LogP contribution in [-0.4, -0.2) is 30.2 Å². The Kier molecular flexibility index (Phi) is 3.74. The first-order valence-electron chi connectivity index (χ1n) is 6.72.